The molecule has 1 aromatic rings. The Morgan fingerprint density at radius 2 is 1.59 bits per heavy atom. The average Bonchev–Trinajstić information content (AvgIpc) is 2.59. The first kappa shape index (κ1) is 22.6. The van der Waals surface area contributed by atoms with Crippen LogP contribution in [0, 0.1) is 0 Å². The molecular weight excluding hydrogens is 340 g/mol. The van der Waals surface area contributed by atoms with Gasteiger partial charge in [0.05, 0.1) is 12.7 Å². The molecule has 0 saturated heterocycles. The summed E-state index contributed by atoms with van der Waals surface area (Å²) in [7, 11) is 1.43. The molecule has 148 valence electrons. The lowest BCUT2D eigenvalue weighted by Crippen LogP contribution is -2.04. The number of aromatic carboxylic acids is 1. The number of carboxylic acids is 1. The molecule has 0 aliphatic carbocycles. The Hall–Kier alpha value is -2.49. The molecule has 0 heterocycles. The van der Waals surface area contributed by atoms with Crippen LogP contribution in [0.5, 0.6) is 11.5 Å². The molecule has 2 N–H and O–H groups in total. The van der Waals surface area contributed by atoms with Crippen LogP contribution in [0.25, 0.3) is 0 Å². The standard InChI is InChI=1S/C23H32O4/c1-16(2)8-6-9-17(3)10-7-11-18(4)12-13-19-20(23(25)26)14-15-21(24)22(19)27-5/h8,10,12,14-15,24H,6-7,9,11,13H2,1-5H3,(H,25,26). The highest BCUT2D eigenvalue weighted by atomic mass is 16.5. The van der Waals surface area contributed by atoms with Crippen molar-refractivity contribution < 1.29 is 19.7 Å². The number of ether oxygens (including phenoxy) is 1. The number of carboxylic acid groups (broad SMARTS) is 1. The van der Waals surface area contributed by atoms with Crippen LogP contribution in [0.1, 0.15) is 69.3 Å². The number of rotatable bonds is 10. The number of benzene rings is 1. The minimum atomic E-state index is -1.02. The maximum absolute atomic E-state index is 11.5. The van der Waals surface area contributed by atoms with Gasteiger partial charge in [-0.3, -0.25) is 0 Å². The van der Waals surface area contributed by atoms with Gasteiger partial charge in [-0.05, 0) is 71.9 Å². The van der Waals surface area contributed by atoms with Gasteiger partial charge < -0.3 is 14.9 Å². The molecule has 4 heteroatoms. The van der Waals surface area contributed by atoms with Crippen molar-refractivity contribution >= 4 is 5.97 Å². The monoisotopic (exact) mass is 372 g/mol. The SMILES string of the molecule is COc1c(O)ccc(C(=O)O)c1CC=C(C)CCC=C(C)CCC=C(C)C. The van der Waals surface area contributed by atoms with E-state index in [4.69, 9.17) is 4.74 Å². The van der Waals surface area contributed by atoms with E-state index < -0.39 is 5.97 Å². The number of hydrogen-bond donors (Lipinski definition) is 2. The first-order valence-electron chi connectivity index (χ1n) is 9.33. The van der Waals surface area contributed by atoms with Crippen molar-refractivity contribution in [3.05, 3.63) is 58.2 Å². The maximum atomic E-state index is 11.5. The lowest BCUT2D eigenvalue weighted by molar-refractivity contribution is 0.0695. The van der Waals surface area contributed by atoms with E-state index in [1.54, 1.807) is 0 Å². The van der Waals surface area contributed by atoms with Gasteiger partial charge in [0.25, 0.3) is 0 Å². The van der Waals surface area contributed by atoms with Gasteiger partial charge >= 0.3 is 5.97 Å². The topological polar surface area (TPSA) is 66.8 Å². The molecule has 0 saturated carbocycles. The van der Waals surface area contributed by atoms with E-state index >= 15 is 0 Å². The molecule has 0 aliphatic rings. The molecule has 27 heavy (non-hydrogen) atoms. The first-order chi connectivity index (χ1) is 12.8. The van der Waals surface area contributed by atoms with Crippen LogP contribution in [-0.2, 0) is 6.42 Å². The Morgan fingerprint density at radius 1 is 1.00 bits per heavy atom. The largest absolute Gasteiger partial charge is 0.504 e. The number of methoxy groups -OCH3 is 1. The quantitative estimate of drug-likeness (QED) is 0.490. The van der Waals surface area contributed by atoms with E-state index in [0.29, 0.717) is 12.0 Å². The van der Waals surface area contributed by atoms with Crippen LogP contribution in [0.4, 0.5) is 0 Å². The van der Waals surface area contributed by atoms with E-state index in [-0.39, 0.29) is 17.1 Å². The summed E-state index contributed by atoms with van der Waals surface area (Å²) in [6.07, 6.45) is 11.0. The zero-order chi connectivity index (χ0) is 20.4. The Morgan fingerprint density at radius 3 is 2.15 bits per heavy atom. The van der Waals surface area contributed by atoms with Gasteiger partial charge in [0, 0.05) is 5.56 Å². The van der Waals surface area contributed by atoms with Crippen LogP contribution < -0.4 is 4.74 Å². The first-order valence-corrected chi connectivity index (χ1v) is 9.33. The zero-order valence-electron chi connectivity index (χ0n) is 17.1. The van der Waals surface area contributed by atoms with Crippen molar-refractivity contribution in [2.24, 2.45) is 0 Å². The van der Waals surface area contributed by atoms with Gasteiger partial charge in [0.1, 0.15) is 0 Å². The summed E-state index contributed by atoms with van der Waals surface area (Å²) in [5.41, 5.74) is 4.58. The third-order valence-electron chi connectivity index (χ3n) is 4.45. The summed E-state index contributed by atoms with van der Waals surface area (Å²) in [6, 6.07) is 2.77. The smallest absolute Gasteiger partial charge is 0.336 e. The summed E-state index contributed by atoms with van der Waals surface area (Å²) < 4.78 is 5.21. The number of allylic oxidation sites excluding steroid dienone is 6. The Bertz CT molecular complexity index is 735. The molecule has 0 radical (unpaired) electrons. The maximum Gasteiger partial charge on any atom is 0.336 e. The summed E-state index contributed by atoms with van der Waals surface area (Å²) in [4.78, 5) is 11.5. The molecule has 0 fully saturated rings. The molecule has 0 atom stereocenters. The second-order valence-electron chi connectivity index (χ2n) is 7.11. The van der Waals surface area contributed by atoms with Gasteiger partial charge in [-0.15, -0.1) is 0 Å². The summed E-state index contributed by atoms with van der Waals surface area (Å²) in [5.74, 6) is -0.836. The predicted octanol–water partition coefficient (Wildman–Crippen LogP) is 6.06. The second-order valence-corrected chi connectivity index (χ2v) is 7.11. The number of hydrogen-bond acceptors (Lipinski definition) is 3. The van der Waals surface area contributed by atoms with Gasteiger partial charge in [-0.2, -0.15) is 0 Å². The third kappa shape index (κ3) is 7.73. The average molecular weight is 373 g/mol. The normalized spacial score (nSPS) is 12.0. The molecule has 1 rings (SSSR count). The van der Waals surface area contributed by atoms with E-state index in [2.05, 4.69) is 32.9 Å². The minimum absolute atomic E-state index is 0.0431. The highest BCUT2D eigenvalue weighted by Crippen LogP contribution is 2.33. The van der Waals surface area contributed by atoms with E-state index in [1.165, 1.54) is 36.0 Å². The third-order valence-corrected chi connectivity index (χ3v) is 4.45. The van der Waals surface area contributed by atoms with Crippen molar-refractivity contribution in [3.8, 4) is 11.5 Å². The number of phenolic OH excluding ortho intramolecular Hbond substituents is 1. The van der Waals surface area contributed by atoms with Gasteiger partial charge in [0.2, 0.25) is 0 Å². The zero-order valence-corrected chi connectivity index (χ0v) is 17.1. The van der Waals surface area contributed by atoms with Crippen molar-refractivity contribution in [3.63, 3.8) is 0 Å². The molecular formula is C23H32O4. The van der Waals surface area contributed by atoms with E-state index in [0.717, 1.165) is 25.7 Å². The summed E-state index contributed by atoms with van der Waals surface area (Å²) in [6.45, 7) is 8.44. The highest BCUT2D eigenvalue weighted by Gasteiger charge is 2.17. The van der Waals surface area contributed by atoms with E-state index in [1.807, 2.05) is 13.0 Å². The Labute approximate surface area is 162 Å². The Balaban J connectivity index is 2.73. The van der Waals surface area contributed by atoms with Crippen molar-refractivity contribution in [1.29, 1.82) is 0 Å². The molecule has 1 aromatic carbocycles. The highest BCUT2D eigenvalue weighted by molar-refractivity contribution is 5.91. The van der Waals surface area contributed by atoms with Gasteiger partial charge in [0.15, 0.2) is 11.5 Å². The summed E-state index contributed by atoms with van der Waals surface area (Å²) in [5, 5.41) is 19.3. The fourth-order valence-corrected chi connectivity index (χ4v) is 2.86. The predicted molar refractivity (Wildman–Crippen MR) is 111 cm³/mol. The minimum Gasteiger partial charge on any atom is -0.504 e. The van der Waals surface area contributed by atoms with Crippen LogP contribution in [0.3, 0.4) is 0 Å². The van der Waals surface area contributed by atoms with Gasteiger partial charge in [-0.25, -0.2) is 4.79 Å². The fraction of sp³-hybridized carbons (Fsp3) is 0.435. The van der Waals surface area contributed by atoms with Crippen molar-refractivity contribution in [1.82, 2.24) is 0 Å². The van der Waals surface area contributed by atoms with Crippen LogP contribution in [-0.4, -0.2) is 23.3 Å². The molecule has 0 bridgehead atoms. The Kier molecular flexibility index (Phi) is 9.41. The van der Waals surface area contributed by atoms with Crippen LogP contribution >= 0.6 is 0 Å². The van der Waals surface area contributed by atoms with Crippen LogP contribution in [0.15, 0.2) is 47.1 Å². The fourth-order valence-electron chi connectivity index (χ4n) is 2.86. The summed E-state index contributed by atoms with van der Waals surface area (Å²) >= 11 is 0. The lowest BCUT2D eigenvalue weighted by Gasteiger charge is -2.12. The molecule has 0 aliphatic heterocycles. The van der Waals surface area contributed by atoms with Crippen LogP contribution in [0.2, 0.25) is 0 Å². The molecule has 0 unspecified atom stereocenters. The molecule has 4 nitrogen and oxygen atoms in total. The van der Waals surface area contributed by atoms with Crippen molar-refractivity contribution in [2.45, 2.75) is 59.8 Å². The van der Waals surface area contributed by atoms with E-state index in [9.17, 15) is 15.0 Å². The number of carbonyl (C=O) groups is 1. The number of phenols is 1. The van der Waals surface area contributed by atoms with Gasteiger partial charge in [-0.1, -0.05) is 34.9 Å². The second kappa shape index (κ2) is 11.3. The molecule has 0 spiro atoms. The molecule has 0 aromatic heterocycles. The van der Waals surface area contributed by atoms with Crippen molar-refractivity contribution in [2.75, 3.05) is 7.11 Å². The lowest BCUT2D eigenvalue weighted by atomic mass is 10.00. The molecule has 0 amide bonds. The number of aromatic hydroxyl groups is 1.